The number of piperidine rings is 2. The van der Waals surface area contributed by atoms with Gasteiger partial charge in [0.2, 0.25) is 0 Å². The monoisotopic (exact) mass is 464 g/mol. The van der Waals surface area contributed by atoms with Crippen molar-refractivity contribution < 1.29 is 19.1 Å². The van der Waals surface area contributed by atoms with Gasteiger partial charge in [0.25, 0.3) is 0 Å². The summed E-state index contributed by atoms with van der Waals surface area (Å²) in [5, 5.41) is 6.82. The van der Waals surface area contributed by atoms with E-state index < -0.39 is 11.9 Å². The maximum absolute atomic E-state index is 12.8. The number of anilines is 1. The van der Waals surface area contributed by atoms with E-state index in [9.17, 15) is 9.59 Å². The predicted octanol–water partition coefficient (Wildman–Crippen LogP) is 3.82. The van der Waals surface area contributed by atoms with Crippen LogP contribution in [-0.2, 0) is 9.47 Å². The molecular weight excluding hydrogens is 432 g/mol. The molecule has 180 valence electrons. The number of carbonyl (C=O) groups is 2. The van der Waals surface area contributed by atoms with Gasteiger partial charge in [0.05, 0.1) is 31.0 Å². The van der Waals surface area contributed by atoms with Gasteiger partial charge in [-0.05, 0) is 45.7 Å². The first kappa shape index (κ1) is 22.7. The Bertz CT molecular complexity index is 1240. The molecule has 8 nitrogen and oxygen atoms in total. The van der Waals surface area contributed by atoms with Crippen molar-refractivity contribution in [2.45, 2.75) is 45.1 Å². The molecule has 0 saturated carbocycles. The van der Waals surface area contributed by atoms with Crippen LogP contribution in [0.25, 0.3) is 16.3 Å². The van der Waals surface area contributed by atoms with Gasteiger partial charge in [0.15, 0.2) is 5.82 Å². The largest absolute Gasteiger partial charge is 0.465 e. The number of hydrogen-bond acceptors (Lipinski definition) is 7. The summed E-state index contributed by atoms with van der Waals surface area (Å²) in [5.74, 6) is -0.268. The molecule has 8 heteroatoms. The molecule has 2 aromatic heterocycles. The van der Waals surface area contributed by atoms with Crippen molar-refractivity contribution in [3.63, 3.8) is 0 Å². The van der Waals surface area contributed by atoms with Crippen molar-refractivity contribution in [3.05, 3.63) is 41.1 Å². The van der Waals surface area contributed by atoms with E-state index in [1.54, 1.807) is 11.4 Å². The van der Waals surface area contributed by atoms with Crippen LogP contribution in [0.15, 0.2) is 24.3 Å². The number of carbonyl (C=O) groups excluding carboxylic acids is 2. The van der Waals surface area contributed by atoms with Gasteiger partial charge in [-0.15, -0.1) is 5.10 Å². The van der Waals surface area contributed by atoms with E-state index in [0.717, 1.165) is 42.5 Å². The van der Waals surface area contributed by atoms with Gasteiger partial charge in [-0.25, -0.2) is 14.1 Å². The average molecular weight is 465 g/mol. The first-order valence-corrected chi connectivity index (χ1v) is 12.1. The van der Waals surface area contributed by atoms with Crippen molar-refractivity contribution in [3.8, 4) is 0 Å². The second kappa shape index (κ2) is 9.25. The van der Waals surface area contributed by atoms with Crippen LogP contribution in [-0.4, -0.2) is 72.9 Å². The van der Waals surface area contributed by atoms with Crippen molar-refractivity contribution >= 4 is 34.0 Å². The molecule has 0 atom stereocenters. The Balaban J connectivity index is 1.61. The topological polar surface area (TPSA) is 76.4 Å². The van der Waals surface area contributed by atoms with Gasteiger partial charge in [-0.2, -0.15) is 0 Å². The zero-order valence-electron chi connectivity index (χ0n) is 20.2. The summed E-state index contributed by atoms with van der Waals surface area (Å²) < 4.78 is 11.8. The lowest BCUT2D eigenvalue weighted by Gasteiger charge is -2.40. The highest BCUT2D eigenvalue weighted by Crippen LogP contribution is 2.35. The molecule has 3 aromatic rings. The first-order chi connectivity index (χ1) is 16.5. The average Bonchev–Trinajstić information content (AvgIpc) is 3.20. The number of esters is 2. The highest BCUT2D eigenvalue weighted by Gasteiger charge is 2.32. The van der Waals surface area contributed by atoms with Crippen LogP contribution >= 0.6 is 0 Å². The highest BCUT2D eigenvalue weighted by molar-refractivity contribution is 6.16. The van der Waals surface area contributed by atoms with Gasteiger partial charge in [-0.1, -0.05) is 30.7 Å². The Hall–Kier alpha value is -3.13. The van der Waals surface area contributed by atoms with E-state index in [4.69, 9.17) is 14.6 Å². The Morgan fingerprint density at radius 3 is 2.15 bits per heavy atom. The number of methoxy groups -OCH3 is 2. The smallest absolute Gasteiger partial charge is 0.341 e. The molecule has 2 aliphatic heterocycles. The second-order valence-electron chi connectivity index (χ2n) is 9.26. The lowest BCUT2D eigenvalue weighted by molar-refractivity contribution is 0.0557. The van der Waals surface area contributed by atoms with Gasteiger partial charge in [-0.3, -0.25) is 0 Å². The van der Waals surface area contributed by atoms with Crippen LogP contribution in [0.4, 0.5) is 5.82 Å². The van der Waals surface area contributed by atoms with Crippen molar-refractivity contribution in [1.82, 2.24) is 14.5 Å². The molecule has 2 aliphatic rings. The van der Waals surface area contributed by atoms with E-state index in [2.05, 4.69) is 9.80 Å². The summed E-state index contributed by atoms with van der Waals surface area (Å²) in [6.45, 7) is 6.08. The summed E-state index contributed by atoms with van der Waals surface area (Å²) in [4.78, 5) is 30.5. The minimum atomic E-state index is -0.576. The van der Waals surface area contributed by atoms with E-state index in [1.807, 2.05) is 24.3 Å². The summed E-state index contributed by atoms with van der Waals surface area (Å²) in [6.07, 6.45) is 6.18. The number of aryl methyl sites for hydroxylation is 1. The fourth-order valence-electron chi connectivity index (χ4n) is 5.70. The Morgan fingerprint density at radius 1 is 0.882 bits per heavy atom. The fraction of sp³-hybridized carbons (Fsp3) is 0.500. The molecule has 0 bridgehead atoms. The molecule has 5 rings (SSSR count). The number of fused-ring (bicyclic) bond motifs is 3. The fourth-order valence-corrected chi connectivity index (χ4v) is 5.70. The lowest BCUT2D eigenvalue weighted by atomic mass is 9.99. The molecule has 0 unspecified atom stereocenters. The number of likely N-dealkylation sites (tertiary alicyclic amines) is 1. The normalized spacial score (nSPS) is 17.9. The number of rotatable bonds is 4. The molecule has 0 spiro atoms. The van der Waals surface area contributed by atoms with E-state index in [-0.39, 0.29) is 11.1 Å². The molecule has 0 radical (unpaired) electrons. The maximum Gasteiger partial charge on any atom is 0.341 e. The van der Waals surface area contributed by atoms with Crippen molar-refractivity contribution in [2.75, 3.05) is 45.3 Å². The van der Waals surface area contributed by atoms with Crippen LogP contribution in [0.5, 0.6) is 0 Å². The van der Waals surface area contributed by atoms with Crippen molar-refractivity contribution in [2.24, 2.45) is 0 Å². The molecular formula is C26H32N4O4. The van der Waals surface area contributed by atoms with E-state index >= 15 is 0 Å². The minimum Gasteiger partial charge on any atom is -0.465 e. The lowest BCUT2D eigenvalue weighted by Crippen LogP contribution is -2.47. The summed E-state index contributed by atoms with van der Waals surface area (Å²) >= 11 is 0. The van der Waals surface area contributed by atoms with Gasteiger partial charge < -0.3 is 19.3 Å². The van der Waals surface area contributed by atoms with Gasteiger partial charge in [0, 0.05) is 29.9 Å². The van der Waals surface area contributed by atoms with E-state index in [1.165, 1.54) is 46.6 Å². The molecule has 0 aliphatic carbocycles. The summed E-state index contributed by atoms with van der Waals surface area (Å²) in [7, 11) is 2.63. The standard InChI is InChI=1S/C26H32N4O4/c1-17-21(25(31)33-2)22(26(32)34-3)23-19-9-5-6-10-20(19)24(27-30(17)23)29-15-11-18(12-16-29)28-13-7-4-8-14-28/h5-6,9-10,18H,4,7-8,11-16H2,1-3H3. The number of aromatic nitrogens is 2. The Kier molecular flexibility index (Phi) is 6.16. The number of nitrogens with zero attached hydrogens (tertiary/aromatic N) is 4. The first-order valence-electron chi connectivity index (χ1n) is 12.1. The van der Waals surface area contributed by atoms with Crippen LogP contribution < -0.4 is 4.90 Å². The van der Waals surface area contributed by atoms with Crippen LogP contribution in [0, 0.1) is 6.92 Å². The Labute approximate surface area is 199 Å². The third-order valence-electron chi connectivity index (χ3n) is 7.45. The number of hydrogen-bond donors (Lipinski definition) is 0. The number of benzene rings is 1. The third kappa shape index (κ3) is 3.70. The Morgan fingerprint density at radius 2 is 1.50 bits per heavy atom. The molecule has 0 N–H and O–H groups in total. The SMILES string of the molecule is COC(=O)c1c(C(=O)OC)c2c3ccccc3c(N3CCC(N4CCCCC4)CC3)nn2c1C. The zero-order chi connectivity index (χ0) is 23.8. The molecule has 34 heavy (non-hydrogen) atoms. The van der Waals surface area contributed by atoms with E-state index in [0.29, 0.717) is 17.3 Å². The minimum absolute atomic E-state index is 0.200. The number of ether oxygens (including phenoxy) is 2. The van der Waals surface area contributed by atoms with Gasteiger partial charge >= 0.3 is 11.9 Å². The van der Waals surface area contributed by atoms with Crippen LogP contribution in [0.2, 0.25) is 0 Å². The summed E-state index contributed by atoms with van der Waals surface area (Å²) in [6, 6.07) is 8.57. The maximum atomic E-state index is 12.8. The van der Waals surface area contributed by atoms with Crippen LogP contribution in [0.1, 0.15) is 58.5 Å². The molecule has 2 saturated heterocycles. The molecule has 0 amide bonds. The highest BCUT2D eigenvalue weighted by atomic mass is 16.5. The van der Waals surface area contributed by atoms with Crippen LogP contribution in [0.3, 0.4) is 0 Å². The summed E-state index contributed by atoms with van der Waals surface area (Å²) in [5.41, 5.74) is 1.55. The molecule has 1 aromatic carbocycles. The predicted molar refractivity (Wildman–Crippen MR) is 131 cm³/mol. The quantitative estimate of drug-likeness (QED) is 0.543. The van der Waals surface area contributed by atoms with Crippen molar-refractivity contribution in [1.29, 1.82) is 0 Å². The molecule has 4 heterocycles. The molecule has 2 fully saturated rings. The zero-order valence-corrected chi connectivity index (χ0v) is 20.2. The second-order valence-corrected chi connectivity index (χ2v) is 9.26. The van der Waals surface area contributed by atoms with Gasteiger partial charge in [0.1, 0.15) is 5.56 Å². The third-order valence-corrected chi connectivity index (χ3v) is 7.45.